The molecule has 9 nitrogen and oxygen atoms in total. The first-order chi connectivity index (χ1) is 26.0. The molecule has 0 spiro atoms. The van der Waals surface area contributed by atoms with Gasteiger partial charge >= 0.3 is 0 Å². The standard InChI is InChI=1S/C43H43NO8S/c45-28-39-40(49-29-32-15-5-1-6-16-32)41(50-30-33-17-7-2-8-18-33)42(51-31-34-19-9-3-10-20-34)43(52-39)48-26-25-35-27-44(38-24-14-13-23-37(35)38)53(46,47)36-21-11-4-12-22-36/h1-24,27,39-43,45H,25-26,28-31H2/t39-,40-,41+,42-,43-/m0/s1. The molecule has 5 atom stereocenters. The van der Waals surface area contributed by atoms with Crippen LogP contribution in [0.5, 0.6) is 0 Å². The van der Waals surface area contributed by atoms with Crippen LogP contribution >= 0.6 is 0 Å². The first-order valence-electron chi connectivity index (χ1n) is 17.8. The predicted molar refractivity (Wildman–Crippen MR) is 201 cm³/mol. The number of fused-ring (bicyclic) bond motifs is 1. The Labute approximate surface area is 310 Å². The van der Waals surface area contributed by atoms with E-state index in [4.69, 9.17) is 23.7 Å². The van der Waals surface area contributed by atoms with Crippen LogP contribution in [-0.4, -0.2) is 61.4 Å². The van der Waals surface area contributed by atoms with Gasteiger partial charge in [-0.3, -0.25) is 0 Å². The molecular formula is C43H43NO8S. The van der Waals surface area contributed by atoms with Crippen LogP contribution < -0.4 is 0 Å². The normalized spacial score (nSPS) is 20.4. The van der Waals surface area contributed by atoms with Crippen molar-refractivity contribution in [3.63, 3.8) is 0 Å². The van der Waals surface area contributed by atoms with Gasteiger partial charge in [0, 0.05) is 11.6 Å². The molecule has 1 aliphatic heterocycles. The summed E-state index contributed by atoms with van der Waals surface area (Å²) in [7, 11) is -3.84. The smallest absolute Gasteiger partial charge is 0.268 e. The molecule has 274 valence electrons. The third-order valence-electron chi connectivity index (χ3n) is 9.34. The van der Waals surface area contributed by atoms with Crippen LogP contribution in [-0.2, 0) is 59.9 Å². The lowest BCUT2D eigenvalue weighted by Gasteiger charge is -2.45. The van der Waals surface area contributed by atoms with Gasteiger partial charge in [0.15, 0.2) is 6.29 Å². The fraction of sp³-hybridized carbons (Fsp3) is 0.256. The Balaban J connectivity index is 1.16. The molecule has 0 amide bonds. The van der Waals surface area contributed by atoms with Gasteiger partial charge < -0.3 is 28.8 Å². The van der Waals surface area contributed by atoms with E-state index in [1.807, 2.05) is 109 Å². The lowest BCUT2D eigenvalue weighted by Crippen LogP contribution is -2.61. The molecule has 0 radical (unpaired) electrons. The first-order valence-corrected chi connectivity index (χ1v) is 19.2. The second-order valence-electron chi connectivity index (χ2n) is 12.9. The van der Waals surface area contributed by atoms with Crippen molar-refractivity contribution in [1.82, 2.24) is 3.97 Å². The van der Waals surface area contributed by atoms with Crippen LogP contribution in [0.1, 0.15) is 22.3 Å². The number of aliphatic hydroxyl groups is 1. The van der Waals surface area contributed by atoms with E-state index >= 15 is 0 Å². The van der Waals surface area contributed by atoms with Gasteiger partial charge in [0.25, 0.3) is 10.0 Å². The van der Waals surface area contributed by atoms with Gasteiger partial charge in [-0.15, -0.1) is 0 Å². The molecule has 1 aliphatic rings. The van der Waals surface area contributed by atoms with E-state index in [1.54, 1.807) is 42.6 Å². The highest BCUT2D eigenvalue weighted by atomic mass is 32.2. The summed E-state index contributed by atoms with van der Waals surface area (Å²) in [5.41, 5.74) is 4.29. The van der Waals surface area contributed by atoms with Crippen LogP contribution in [0, 0.1) is 0 Å². The van der Waals surface area contributed by atoms with E-state index in [0.717, 1.165) is 27.6 Å². The second kappa shape index (κ2) is 17.5. The summed E-state index contributed by atoms with van der Waals surface area (Å²) in [6, 6.07) is 45.3. The number of hydrogen-bond donors (Lipinski definition) is 1. The summed E-state index contributed by atoms with van der Waals surface area (Å²) < 4.78 is 61.4. The SMILES string of the molecule is O=S(=O)(c1ccccc1)n1cc(CCO[C@H]2O[C@@H](CO)[C@H](OCc3ccccc3)[C@@H](OCc3ccccc3)[C@@H]2OCc2ccccc2)c2ccccc21. The van der Waals surface area contributed by atoms with Gasteiger partial charge in [0.2, 0.25) is 0 Å². The maximum Gasteiger partial charge on any atom is 0.268 e. The highest BCUT2D eigenvalue weighted by molar-refractivity contribution is 7.90. The van der Waals surface area contributed by atoms with Gasteiger partial charge in [-0.2, -0.15) is 0 Å². The number of hydrogen-bond acceptors (Lipinski definition) is 8. The van der Waals surface area contributed by atoms with Crippen molar-refractivity contribution in [2.45, 2.75) is 61.8 Å². The summed E-state index contributed by atoms with van der Waals surface area (Å²) in [5, 5.41) is 11.5. The lowest BCUT2D eigenvalue weighted by atomic mass is 9.97. The summed E-state index contributed by atoms with van der Waals surface area (Å²) in [5.74, 6) is 0. The zero-order chi connectivity index (χ0) is 36.5. The molecule has 1 N–H and O–H groups in total. The molecule has 5 aromatic carbocycles. The van der Waals surface area contributed by atoms with E-state index in [2.05, 4.69) is 0 Å². The van der Waals surface area contributed by atoms with Crippen molar-refractivity contribution in [3.8, 4) is 0 Å². The molecule has 0 unspecified atom stereocenters. The summed E-state index contributed by atoms with van der Waals surface area (Å²) >= 11 is 0. The summed E-state index contributed by atoms with van der Waals surface area (Å²) in [6.07, 6.45) is -1.79. The third-order valence-corrected chi connectivity index (χ3v) is 11.0. The topological polar surface area (TPSA) is 105 Å². The summed E-state index contributed by atoms with van der Waals surface area (Å²) in [6.45, 7) is 0.667. The fourth-order valence-electron chi connectivity index (χ4n) is 6.63. The lowest BCUT2D eigenvalue weighted by molar-refractivity contribution is -0.326. The van der Waals surface area contributed by atoms with Gasteiger partial charge in [0.05, 0.1) is 43.4 Å². The van der Waals surface area contributed by atoms with Crippen LogP contribution in [0.15, 0.2) is 157 Å². The minimum atomic E-state index is -3.84. The highest BCUT2D eigenvalue weighted by Gasteiger charge is 2.49. The van der Waals surface area contributed by atoms with Crippen LogP contribution in [0.3, 0.4) is 0 Å². The number of para-hydroxylation sites is 1. The Morgan fingerprint density at radius 3 is 1.64 bits per heavy atom. The fourth-order valence-corrected chi connectivity index (χ4v) is 8.05. The van der Waals surface area contributed by atoms with Gasteiger partial charge in [-0.1, -0.05) is 127 Å². The van der Waals surface area contributed by atoms with Crippen molar-refractivity contribution >= 4 is 20.9 Å². The molecule has 1 saturated heterocycles. The molecule has 1 aromatic heterocycles. The zero-order valence-electron chi connectivity index (χ0n) is 29.2. The number of aromatic nitrogens is 1. The Morgan fingerprint density at radius 1 is 0.585 bits per heavy atom. The van der Waals surface area contributed by atoms with E-state index in [9.17, 15) is 13.5 Å². The molecule has 1 fully saturated rings. The molecule has 10 heteroatoms. The van der Waals surface area contributed by atoms with Crippen LogP contribution in [0.25, 0.3) is 10.9 Å². The molecule has 0 aliphatic carbocycles. The van der Waals surface area contributed by atoms with Gasteiger partial charge in [-0.25, -0.2) is 12.4 Å². The molecule has 53 heavy (non-hydrogen) atoms. The number of benzene rings is 5. The molecule has 2 heterocycles. The zero-order valence-corrected chi connectivity index (χ0v) is 30.0. The van der Waals surface area contributed by atoms with Crippen molar-refractivity contribution in [3.05, 3.63) is 174 Å². The first kappa shape index (κ1) is 36.7. The average molecular weight is 734 g/mol. The predicted octanol–water partition coefficient (Wildman–Crippen LogP) is 6.91. The van der Waals surface area contributed by atoms with Crippen LogP contribution in [0.2, 0.25) is 0 Å². The minimum absolute atomic E-state index is 0.175. The number of aliphatic hydroxyl groups excluding tert-OH is 1. The maximum absolute atomic E-state index is 13.7. The molecule has 0 bridgehead atoms. The average Bonchev–Trinajstić information content (AvgIpc) is 3.59. The Kier molecular flexibility index (Phi) is 12.1. The molecule has 6 aromatic rings. The number of rotatable bonds is 16. The quantitative estimate of drug-likeness (QED) is 0.115. The number of ether oxygens (including phenoxy) is 5. The second-order valence-corrected chi connectivity index (χ2v) is 14.7. The van der Waals surface area contributed by atoms with E-state index in [-0.39, 0.29) is 37.9 Å². The highest BCUT2D eigenvalue weighted by Crippen LogP contribution is 2.32. The maximum atomic E-state index is 13.7. The van der Waals surface area contributed by atoms with E-state index in [1.165, 1.54) is 3.97 Å². The Bertz CT molecular complexity index is 2130. The number of nitrogens with zero attached hydrogens (tertiary/aromatic N) is 1. The van der Waals surface area contributed by atoms with Gasteiger partial charge in [-0.05, 0) is 46.9 Å². The molecule has 0 saturated carbocycles. The Hall–Kier alpha value is -4.65. The Morgan fingerprint density at radius 2 is 1.08 bits per heavy atom. The summed E-state index contributed by atoms with van der Waals surface area (Å²) in [4.78, 5) is 0.207. The van der Waals surface area contributed by atoms with E-state index < -0.39 is 40.7 Å². The molecule has 7 rings (SSSR count). The monoisotopic (exact) mass is 733 g/mol. The van der Waals surface area contributed by atoms with Crippen molar-refractivity contribution < 1.29 is 37.2 Å². The van der Waals surface area contributed by atoms with Crippen LogP contribution in [0.4, 0.5) is 0 Å². The largest absolute Gasteiger partial charge is 0.394 e. The molecular weight excluding hydrogens is 691 g/mol. The van der Waals surface area contributed by atoms with Gasteiger partial charge in [0.1, 0.15) is 24.4 Å². The van der Waals surface area contributed by atoms with E-state index in [0.29, 0.717) is 11.9 Å². The van der Waals surface area contributed by atoms with Crippen molar-refractivity contribution in [1.29, 1.82) is 0 Å². The van der Waals surface area contributed by atoms with Crippen molar-refractivity contribution in [2.75, 3.05) is 13.2 Å². The minimum Gasteiger partial charge on any atom is -0.394 e. The third kappa shape index (κ3) is 8.77. The van der Waals surface area contributed by atoms with Crippen molar-refractivity contribution in [2.24, 2.45) is 0 Å².